The van der Waals surface area contributed by atoms with E-state index in [2.05, 4.69) is 10.1 Å². The highest BCUT2D eigenvalue weighted by atomic mass is 19.3. The number of aryl methyl sites for hydroxylation is 2. The molecule has 1 fully saturated rings. The minimum atomic E-state index is -2.70. The van der Waals surface area contributed by atoms with Gasteiger partial charge in [-0.25, -0.2) is 18.2 Å². The maximum Gasteiger partial charge on any atom is 0.249 e. The SMILES string of the molecule is CCC(=O)N1CCn2c(C3CC(F)(F)C3)nc(-c3c(F)ccc4cc(-c5cn(C)nc5C)ncc34)c2C1. The first kappa shape index (κ1) is 23.7. The lowest BCUT2D eigenvalue weighted by Gasteiger charge is -2.36. The van der Waals surface area contributed by atoms with E-state index in [1.54, 1.807) is 28.8 Å². The van der Waals surface area contributed by atoms with Crippen molar-refractivity contribution < 1.29 is 18.0 Å². The molecule has 192 valence electrons. The number of amides is 1. The molecule has 4 heterocycles. The van der Waals surface area contributed by atoms with Crippen molar-refractivity contribution in [2.24, 2.45) is 7.05 Å². The second kappa shape index (κ2) is 8.43. The lowest BCUT2D eigenvalue weighted by Crippen LogP contribution is -2.40. The lowest BCUT2D eigenvalue weighted by atomic mass is 9.80. The van der Waals surface area contributed by atoms with Crippen molar-refractivity contribution in [3.63, 3.8) is 0 Å². The summed E-state index contributed by atoms with van der Waals surface area (Å²) < 4.78 is 46.7. The first-order valence-electron chi connectivity index (χ1n) is 12.5. The third-order valence-corrected chi connectivity index (χ3v) is 7.53. The molecule has 6 rings (SSSR count). The molecule has 3 aromatic heterocycles. The van der Waals surface area contributed by atoms with Gasteiger partial charge in [-0.15, -0.1) is 0 Å². The van der Waals surface area contributed by atoms with Crippen molar-refractivity contribution in [3.05, 3.63) is 53.6 Å². The van der Waals surface area contributed by atoms with Crippen molar-refractivity contribution >= 4 is 16.7 Å². The van der Waals surface area contributed by atoms with Gasteiger partial charge >= 0.3 is 0 Å². The number of halogens is 3. The van der Waals surface area contributed by atoms with E-state index in [1.165, 1.54) is 6.07 Å². The van der Waals surface area contributed by atoms with Gasteiger partial charge in [0.05, 0.1) is 29.3 Å². The minimum Gasteiger partial charge on any atom is -0.335 e. The number of pyridine rings is 1. The molecule has 10 heteroatoms. The third kappa shape index (κ3) is 3.89. The molecule has 37 heavy (non-hydrogen) atoms. The summed E-state index contributed by atoms with van der Waals surface area (Å²) in [6.45, 7) is 4.88. The number of hydrogen-bond acceptors (Lipinski definition) is 4. The molecule has 0 spiro atoms. The predicted octanol–water partition coefficient (Wildman–Crippen LogP) is 5.21. The number of rotatable bonds is 4. The Labute approximate surface area is 211 Å². The van der Waals surface area contributed by atoms with Gasteiger partial charge in [0, 0.05) is 74.2 Å². The number of benzene rings is 1. The van der Waals surface area contributed by atoms with Crippen LogP contribution < -0.4 is 0 Å². The van der Waals surface area contributed by atoms with Crippen molar-refractivity contribution in [2.75, 3.05) is 6.54 Å². The van der Waals surface area contributed by atoms with Crippen molar-refractivity contribution in [2.45, 2.75) is 58.0 Å². The van der Waals surface area contributed by atoms with Gasteiger partial charge in [-0.2, -0.15) is 5.10 Å². The van der Waals surface area contributed by atoms with Crippen LogP contribution in [0.5, 0.6) is 0 Å². The van der Waals surface area contributed by atoms with E-state index in [0.29, 0.717) is 42.1 Å². The maximum absolute atomic E-state index is 15.5. The Morgan fingerprint density at radius 2 is 2.00 bits per heavy atom. The van der Waals surface area contributed by atoms with Crippen LogP contribution in [-0.4, -0.2) is 47.6 Å². The average molecular weight is 509 g/mol. The number of carbonyl (C=O) groups excluding carboxylic acids is 1. The molecular weight excluding hydrogens is 481 g/mol. The van der Waals surface area contributed by atoms with Gasteiger partial charge in [0.2, 0.25) is 11.8 Å². The Morgan fingerprint density at radius 3 is 2.68 bits per heavy atom. The smallest absolute Gasteiger partial charge is 0.249 e. The Hall–Kier alpha value is -3.69. The summed E-state index contributed by atoms with van der Waals surface area (Å²) >= 11 is 0. The van der Waals surface area contributed by atoms with Gasteiger partial charge in [-0.1, -0.05) is 13.0 Å². The number of imidazole rings is 1. The van der Waals surface area contributed by atoms with E-state index in [-0.39, 0.29) is 30.9 Å². The summed E-state index contributed by atoms with van der Waals surface area (Å²) in [5.74, 6) is -3.03. The van der Waals surface area contributed by atoms with Crippen LogP contribution in [0, 0.1) is 12.7 Å². The molecule has 0 N–H and O–H groups in total. The van der Waals surface area contributed by atoms with Crippen LogP contribution in [-0.2, 0) is 24.9 Å². The summed E-state index contributed by atoms with van der Waals surface area (Å²) in [6.07, 6.45) is 3.34. The molecule has 7 nitrogen and oxygen atoms in total. The molecule has 1 amide bonds. The highest BCUT2D eigenvalue weighted by Crippen LogP contribution is 2.49. The molecular formula is C27H27F3N6O. The van der Waals surface area contributed by atoms with E-state index in [9.17, 15) is 13.6 Å². The molecule has 0 atom stereocenters. The summed E-state index contributed by atoms with van der Waals surface area (Å²) in [5.41, 5.74) is 3.80. The monoisotopic (exact) mass is 508 g/mol. The van der Waals surface area contributed by atoms with Gasteiger partial charge in [0.25, 0.3) is 0 Å². The lowest BCUT2D eigenvalue weighted by molar-refractivity contribution is -0.132. The fourth-order valence-electron chi connectivity index (χ4n) is 5.62. The molecule has 0 saturated heterocycles. The molecule has 4 aromatic rings. The Balaban J connectivity index is 1.51. The molecule has 1 aliphatic carbocycles. The number of nitrogens with zero attached hydrogens (tertiary/aromatic N) is 6. The first-order valence-corrected chi connectivity index (χ1v) is 12.5. The Morgan fingerprint density at radius 1 is 1.22 bits per heavy atom. The number of hydrogen-bond donors (Lipinski definition) is 0. The van der Waals surface area contributed by atoms with Crippen LogP contribution in [0.3, 0.4) is 0 Å². The number of carbonyl (C=O) groups is 1. The van der Waals surface area contributed by atoms with Gasteiger partial charge in [0.1, 0.15) is 11.6 Å². The molecule has 0 bridgehead atoms. The quantitative estimate of drug-likeness (QED) is 0.380. The Kier molecular flexibility index (Phi) is 5.40. The molecule has 0 radical (unpaired) electrons. The van der Waals surface area contributed by atoms with Crippen LogP contribution in [0.25, 0.3) is 33.3 Å². The number of aromatic nitrogens is 5. The Bertz CT molecular complexity index is 1550. The fourth-order valence-corrected chi connectivity index (χ4v) is 5.62. The van der Waals surface area contributed by atoms with E-state index in [1.807, 2.05) is 30.8 Å². The number of alkyl halides is 2. The summed E-state index contributed by atoms with van der Waals surface area (Å²) in [7, 11) is 1.84. The predicted molar refractivity (Wildman–Crippen MR) is 132 cm³/mol. The topological polar surface area (TPSA) is 68.8 Å². The standard InChI is InChI=1S/C27H27F3N6O/c1-4-23(37)35-7-8-36-22(14-35)25(32-26(36)17-10-27(29,30)11-17)24-18-12-31-21(9-16(18)5-6-20(24)28)19-13-34(3)33-15(19)2/h5-6,9,12-13,17H,4,7-8,10-11,14H2,1-3H3. The fraction of sp³-hybridized carbons (Fsp3) is 0.407. The van der Waals surface area contributed by atoms with E-state index >= 15 is 4.39 Å². The van der Waals surface area contributed by atoms with E-state index in [4.69, 9.17) is 4.98 Å². The zero-order valence-electron chi connectivity index (χ0n) is 20.9. The third-order valence-electron chi connectivity index (χ3n) is 7.53. The largest absolute Gasteiger partial charge is 0.335 e. The van der Waals surface area contributed by atoms with E-state index < -0.39 is 17.7 Å². The molecule has 2 aliphatic rings. The second-order valence-electron chi connectivity index (χ2n) is 10.1. The van der Waals surface area contributed by atoms with Crippen LogP contribution in [0.2, 0.25) is 0 Å². The molecule has 1 saturated carbocycles. The normalized spacial score (nSPS) is 17.2. The zero-order valence-corrected chi connectivity index (χ0v) is 20.9. The van der Waals surface area contributed by atoms with Crippen molar-refractivity contribution in [3.8, 4) is 22.5 Å². The summed E-state index contributed by atoms with van der Waals surface area (Å²) in [4.78, 5) is 23.6. The van der Waals surface area contributed by atoms with Gasteiger partial charge < -0.3 is 9.47 Å². The number of fused-ring (bicyclic) bond motifs is 2. The van der Waals surface area contributed by atoms with Crippen molar-refractivity contribution in [1.29, 1.82) is 0 Å². The minimum absolute atomic E-state index is 0.00771. The van der Waals surface area contributed by atoms with Crippen LogP contribution >= 0.6 is 0 Å². The molecule has 0 unspecified atom stereocenters. The van der Waals surface area contributed by atoms with Crippen LogP contribution in [0.1, 0.15) is 49.3 Å². The first-order chi connectivity index (χ1) is 17.6. The zero-order chi connectivity index (χ0) is 26.1. The van der Waals surface area contributed by atoms with E-state index in [0.717, 1.165) is 22.3 Å². The van der Waals surface area contributed by atoms with Crippen molar-refractivity contribution in [1.82, 2.24) is 29.2 Å². The van der Waals surface area contributed by atoms with Gasteiger partial charge in [-0.05, 0) is 24.4 Å². The highest BCUT2D eigenvalue weighted by Gasteiger charge is 2.48. The maximum atomic E-state index is 15.5. The van der Waals surface area contributed by atoms with Gasteiger partial charge in [-0.3, -0.25) is 14.5 Å². The summed E-state index contributed by atoms with van der Waals surface area (Å²) in [6, 6.07) is 5.00. The van der Waals surface area contributed by atoms with Crippen LogP contribution in [0.4, 0.5) is 13.2 Å². The summed E-state index contributed by atoms with van der Waals surface area (Å²) in [5, 5.41) is 5.74. The van der Waals surface area contributed by atoms with Gasteiger partial charge in [0.15, 0.2) is 0 Å². The second-order valence-corrected chi connectivity index (χ2v) is 10.1. The molecule has 1 aromatic carbocycles. The highest BCUT2D eigenvalue weighted by molar-refractivity contribution is 5.97. The molecule has 1 aliphatic heterocycles. The van der Waals surface area contributed by atoms with Crippen LogP contribution in [0.15, 0.2) is 30.6 Å². The average Bonchev–Trinajstić information content (AvgIpc) is 3.40.